The molecular formula is C21H23N5O2. The SMILES string of the molecule is CN1C(=O)CO[C@@H]2CN(c3ncnc4c3ccn4C)CC[C@]21c1ccccc1. The number of carbonyl (C=O) groups is 1. The smallest absolute Gasteiger partial charge is 0.249 e. The third-order valence-electron chi connectivity index (χ3n) is 6.28. The lowest BCUT2D eigenvalue weighted by atomic mass is 9.76. The van der Waals surface area contributed by atoms with Gasteiger partial charge in [-0.1, -0.05) is 30.3 Å². The zero-order chi connectivity index (χ0) is 19.3. The Morgan fingerprint density at radius 2 is 1.96 bits per heavy atom. The van der Waals surface area contributed by atoms with Crippen LogP contribution in [-0.2, 0) is 22.1 Å². The Morgan fingerprint density at radius 3 is 2.79 bits per heavy atom. The number of piperidine rings is 1. The number of rotatable bonds is 2. The largest absolute Gasteiger partial charge is 0.364 e. The van der Waals surface area contributed by atoms with Gasteiger partial charge in [0.2, 0.25) is 5.91 Å². The van der Waals surface area contributed by atoms with Crippen LogP contribution < -0.4 is 4.90 Å². The number of hydrogen-bond acceptors (Lipinski definition) is 5. The van der Waals surface area contributed by atoms with Gasteiger partial charge in [-0.15, -0.1) is 0 Å². The van der Waals surface area contributed by atoms with Gasteiger partial charge in [0, 0.05) is 33.4 Å². The summed E-state index contributed by atoms with van der Waals surface area (Å²) < 4.78 is 8.11. The van der Waals surface area contributed by atoms with Crippen LogP contribution in [0.1, 0.15) is 12.0 Å². The number of amides is 1. The minimum atomic E-state index is -0.448. The summed E-state index contributed by atoms with van der Waals surface area (Å²) in [6, 6.07) is 12.3. The number of carbonyl (C=O) groups excluding carboxylic acids is 1. The van der Waals surface area contributed by atoms with Gasteiger partial charge in [-0.3, -0.25) is 4.79 Å². The van der Waals surface area contributed by atoms with E-state index in [1.807, 2.05) is 48.0 Å². The molecule has 2 fully saturated rings. The normalized spacial score (nSPS) is 25.2. The molecule has 0 unspecified atom stereocenters. The van der Waals surface area contributed by atoms with E-state index in [9.17, 15) is 4.79 Å². The lowest BCUT2D eigenvalue weighted by molar-refractivity contribution is -0.173. The van der Waals surface area contributed by atoms with Crippen molar-refractivity contribution < 1.29 is 9.53 Å². The first kappa shape index (κ1) is 17.2. The molecule has 144 valence electrons. The maximum Gasteiger partial charge on any atom is 0.249 e. The second-order valence-corrected chi connectivity index (χ2v) is 7.60. The molecule has 0 aliphatic carbocycles. The fourth-order valence-electron chi connectivity index (χ4n) is 4.73. The first-order valence-electron chi connectivity index (χ1n) is 9.56. The minimum Gasteiger partial charge on any atom is -0.364 e. The predicted octanol–water partition coefficient (Wildman–Crippen LogP) is 1.93. The molecule has 3 aromatic rings. The summed E-state index contributed by atoms with van der Waals surface area (Å²) in [6.45, 7) is 1.58. The molecule has 2 saturated heterocycles. The summed E-state index contributed by atoms with van der Waals surface area (Å²) in [5.74, 6) is 0.955. The molecule has 1 aromatic carbocycles. The van der Waals surface area contributed by atoms with Crippen LogP contribution >= 0.6 is 0 Å². The lowest BCUT2D eigenvalue weighted by Crippen LogP contribution is -2.67. The standard InChI is InChI=1S/C21H23N5O2/c1-24-10-8-16-19(24)22-14-23-20(16)26-11-9-21(15-6-4-3-5-7-15)17(12-26)28-13-18(27)25(21)2/h3-8,10,14,17H,9,11-13H2,1-2H3/t17-,21+/m1/s1. The van der Waals surface area contributed by atoms with E-state index in [1.165, 1.54) is 0 Å². The lowest BCUT2D eigenvalue weighted by Gasteiger charge is -2.55. The van der Waals surface area contributed by atoms with Gasteiger partial charge in [-0.25, -0.2) is 9.97 Å². The van der Waals surface area contributed by atoms with Crippen molar-refractivity contribution in [2.45, 2.75) is 18.1 Å². The summed E-state index contributed by atoms with van der Waals surface area (Å²) in [4.78, 5) is 25.7. The Hall–Kier alpha value is -2.93. The second kappa shape index (κ2) is 6.31. The van der Waals surface area contributed by atoms with Crippen molar-refractivity contribution in [1.82, 2.24) is 19.4 Å². The summed E-state index contributed by atoms with van der Waals surface area (Å²) in [5.41, 5.74) is 1.60. The molecule has 0 N–H and O–H groups in total. The maximum atomic E-state index is 12.5. The van der Waals surface area contributed by atoms with Crippen LogP contribution in [0.15, 0.2) is 48.9 Å². The fourth-order valence-corrected chi connectivity index (χ4v) is 4.73. The van der Waals surface area contributed by atoms with E-state index in [0.717, 1.165) is 35.4 Å². The average Bonchev–Trinajstić information content (AvgIpc) is 3.12. The minimum absolute atomic E-state index is 0.0287. The summed E-state index contributed by atoms with van der Waals surface area (Å²) in [7, 11) is 3.89. The molecule has 0 bridgehead atoms. The molecule has 1 amide bonds. The topological polar surface area (TPSA) is 63.5 Å². The zero-order valence-corrected chi connectivity index (χ0v) is 16.1. The number of morpholine rings is 1. The van der Waals surface area contributed by atoms with Crippen LogP contribution in [0.4, 0.5) is 5.82 Å². The highest BCUT2D eigenvalue weighted by molar-refractivity contribution is 5.88. The van der Waals surface area contributed by atoms with Gasteiger partial charge in [0.15, 0.2) is 0 Å². The van der Waals surface area contributed by atoms with Crippen LogP contribution in [0.3, 0.4) is 0 Å². The summed E-state index contributed by atoms with van der Waals surface area (Å²) in [5, 5.41) is 1.04. The molecule has 7 nitrogen and oxygen atoms in total. The molecule has 2 aromatic heterocycles. The van der Waals surface area contributed by atoms with Crippen molar-refractivity contribution in [3.05, 3.63) is 54.5 Å². The van der Waals surface area contributed by atoms with Crippen molar-refractivity contribution in [1.29, 1.82) is 0 Å². The molecular weight excluding hydrogens is 354 g/mol. The van der Waals surface area contributed by atoms with Crippen LogP contribution in [-0.4, -0.2) is 58.2 Å². The van der Waals surface area contributed by atoms with Gasteiger partial charge in [0.05, 0.1) is 10.9 Å². The van der Waals surface area contributed by atoms with Crippen molar-refractivity contribution in [2.24, 2.45) is 7.05 Å². The fraction of sp³-hybridized carbons (Fsp3) is 0.381. The number of hydrogen-bond donors (Lipinski definition) is 0. The van der Waals surface area contributed by atoms with Crippen LogP contribution in [0.25, 0.3) is 11.0 Å². The summed E-state index contributed by atoms with van der Waals surface area (Å²) >= 11 is 0. The number of anilines is 1. The van der Waals surface area contributed by atoms with Crippen molar-refractivity contribution in [3.8, 4) is 0 Å². The molecule has 7 heteroatoms. The summed E-state index contributed by atoms with van der Waals surface area (Å²) in [6.07, 6.45) is 4.28. The molecule has 2 aliphatic heterocycles. The Kier molecular flexibility index (Phi) is 3.87. The molecule has 2 atom stereocenters. The molecule has 0 saturated carbocycles. The molecule has 0 radical (unpaired) electrons. The van der Waals surface area contributed by atoms with Gasteiger partial charge in [-0.2, -0.15) is 0 Å². The third kappa shape index (κ3) is 2.36. The highest BCUT2D eigenvalue weighted by Crippen LogP contribution is 2.43. The van der Waals surface area contributed by atoms with Crippen molar-refractivity contribution >= 4 is 22.8 Å². The highest BCUT2D eigenvalue weighted by atomic mass is 16.5. The van der Waals surface area contributed by atoms with Gasteiger partial charge in [-0.05, 0) is 18.1 Å². The van der Waals surface area contributed by atoms with Crippen molar-refractivity contribution in [3.63, 3.8) is 0 Å². The van der Waals surface area contributed by atoms with E-state index in [2.05, 4.69) is 33.1 Å². The molecule has 28 heavy (non-hydrogen) atoms. The van der Waals surface area contributed by atoms with Crippen LogP contribution in [0, 0.1) is 0 Å². The first-order valence-corrected chi connectivity index (χ1v) is 9.56. The monoisotopic (exact) mass is 377 g/mol. The van der Waals surface area contributed by atoms with Gasteiger partial charge < -0.3 is 19.1 Å². The van der Waals surface area contributed by atoms with E-state index in [4.69, 9.17) is 4.74 Å². The molecule has 5 rings (SSSR count). The number of ether oxygens (including phenoxy) is 1. The number of benzene rings is 1. The molecule has 2 aliphatic rings. The second-order valence-electron chi connectivity index (χ2n) is 7.60. The first-order chi connectivity index (χ1) is 13.6. The van der Waals surface area contributed by atoms with Gasteiger partial charge in [0.1, 0.15) is 30.5 Å². The molecule has 4 heterocycles. The Balaban J connectivity index is 1.55. The van der Waals surface area contributed by atoms with E-state index >= 15 is 0 Å². The molecule has 0 spiro atoms. The number of aromatic nitrogens is 3. The third-order valence-corrected chi connectivity index (χ3v) is 6.28. The number of aryl methyl sites for hydroxylation is 1. The Morgan fingerprint density at radius 1 is 1.14 bits per heavy atom. The van der Waals surface area contributed by atoms with Crippen molar-refractivity contribution in [2.75, 3.05) is 31.6 Å². The van der Waals surface area contributed by atoms with E-state index in [1.54, 1.807) is 6.33 Å². The highest BCUT2D eigenvalue weighted by Gasteiger charge is 2.52. The number of nitrogens with zero attached hydrogens (tertiary/aromatic N) is 5. The number of likely N-dealkylation sites (N-methyl/N-ethyl adjacent to an activating group) is 1. The van der Waals surface area contributed by atoms with Crippen LogP contribution in [0.2, 0.25) is 0 Å². The van der Waals surface area contributed by atoms with Gasteiger partial charge in [0.25, 0.3) is 0 Å². The number of fused-ring (bicyclic) bond motifs is 2. The van der Waals surface area contributed by atoms with Gasteiger partial charge >= 0.3 is 0 Å². The van der Waals surface area contributed by atoms with Crippen LogP contribution in [0.5, 0.6) is 0 Å². The van der Waals surface area contributed by atoms with E-state index < -0.39 is 5.54 Å². The van der Waals surface area contributed by atoms with E-state index in [0.29, 0.717) is 6.54 Å². The maximum absolute atomic E-state index is 12.5. The Labute approximate surface area is 163 Å². The quantitative estimate of drug-likeness (QED) is 0.683. The average molecular weight is 377 g/mol. The van der Waals surface area contributed by atoms with E-state index in [-0.39, 0.29) is 18.6 Å². The predicted molar refractivity (Wildman–Crippen MR) is 106 cm³/mol. The zero-order valence-electron chi connectivity index (χ0n) is 16.1. The Bertz CT molecular complexity index is 1030.